The van der Waals surface area contributed by atoms with Gasteiger partial charge < -0.3 is 9.73 Å². The molecule has 28 heavy (non-hydrogen) atoms. The van der Waals surface area contributed by atoms with E-state index in [9.17, 15) is 9.18 Å². The molecule has 1 aromatic carbocycles. The highest BCUT2D eigenvalue weighted by molar-refractivity contribution is 8.00. The highest BCUT2D eigenvalue weighted by atomic mass is 32.2. The molecule has 144 valence electrons. The Morgan fingerprint density at radius 3 is 2.79 bits per heavy atom. The summed E-state index contributed by atoms with van der Waals surface area (Å²) < 4.78 is 21.6. The number of benzene rings is 1. The van der Waals surface area contributed by atoms with E-state index in [1.54, 1.807) is 12.1 Å². The maximum Gasteiger partial charge on any atom is 0.237 e. The van der Waals surface area contributed by atoms with Crippen LogP contribution in [-0.2, 0) is 4.79 Å². The van der Waals surface area contributed by atoms with Gasteiger partial charge >= 0.3 is 0 Å². The number of hydrogen-bond donors (Lipinski definition) is 1. The van der Waals surface area contributed by atoms with E-state index in [-0.39, 0.29) is 11.6 Å². The Balaban J connectivity index is 1.66. The summed E-state index contributed by atoms with van der Waals surface area (Å²) in [5.74, 6) is 0.819. The first-order valence-corrected chi connectivity index (χ1v) is 9.82. The molecule has 3 heterocycles. The fourth-order valence-electron chi connectivity index (χ4n) is 3.15. The number of para-hydroxylation sites is 1. The number of thioether (sulfide) groups is 1. The number of aryl methyl sites for hydroxylation is 2. The van der Waals surface area contributed by atoms with E-state index in [4.69, 9.17) is 4.42 Å². The Bertz CT molecular complexity index is 1180. The minimum Gasteiger partial charge on any atom is -0.460 e. The van der Waals surface area contributed by atoms with Crippen molar-refractivity contribution in [1.82, 2.24) is 14.6 Å². The van der Waals surface area contributed by atoms with E-state index in [1.807, 2.05) is 37.3 Å². The van der Waals surface area contributed by atoms with Gasteiger partial charge in [-0.25, -0.2) is 4.39 Å². The first-order valence-electron chi connectivity index (χ1n) is 8.95. The molecule has 0 saturated carbocycles. The molecule has 4 aromatic rings. The average Bonchev–Trinajstić information content (AvgIpc) is 3.19. The SMILES string of the molecule is CC[C@@H](Sc1nnc(C)n2c1cc1oc(C)cc12)C(=O)Nc1ccccc1F. The molecule has 0 unspecified atom stereocenters. The van der Waals surface area contributed by atoms with Gasteiger partial charge in [0, 0.05) is 12.1 Å². The highest BCUT2D eigenvalue weighted by Crippen LogP contribution is 2.33. The molecule has 0 aliphatic heterocycles. The zero-order valence-corrected chi connectivity index (χ0v) is 16.5. The predicted octanol–water partition coefficient (Wildman–Crippen LogP) is 4.74. The van der Waals surface area contributed by atoms with Crippen LogP contribution >= 0.6 is 11.8 Å². The Labute approximate surface area is 165 Å². The van der Waals surface area contributed by atoms with Crippen molar-refractivity contribution >= 4 is 40.0 Å². The number of amides is 1. The van der Waals surface area contributed by atoms with Gasteiger partial charge in [0.25, 0.3) is 0 Å². The number of halogens is 1. The number of fused-ring (bicyclic) bond motifs is 3. The third-order valence-electron chi connectivity index (χ3n) is 4.49. The fraction of sp³-hybridized carbons (Fsp3) is 0.250. The van der Waals surface area contributed by atoms with Gasteiger partial charge in [-0.2, -0.15) is 0 Å². The molecule has 0 radical (unpaired) electrons. The van der Waals surface area contributed by atoms with Crippen LogP contribution in [-0.4, -0.2) is 25.8 Å². The number of furan rings is 1. The Hall–Kier alpha value is -2.87. The second-order valence-corrected chi connectivity index (χ2v) is 7.70. The molecular weight excluding hydrogens is 379 g/mol. The highest BCUT2D eigenvalue weighted by Gasteiger charge is 2.23. The topological polar surface area (TPSA) is 72.4 Å². The van der Waals surface area contributed by atoms with Crippen LogP contribution in [0.15, 0.2) is 45.8 Å². The molecule has 3 aromatic heterocycles. The van der Waals surface area contributed by atoms with Crippen molar-refractivity contribution in [2.45, 2.75) is 37.5 Å². The molecule has 8 heteroatoms. The van der Waals surface area contributed by atoms with Gasteiger partial charge in [0.2, 0.25) is 5.91 Å². The van der Waals surface area contributed by atoms with Crippen LogP contribution in [0.1, 0.15) is 24.9 Å². The molecular formula is C20H19FN4O2S. The molecule has 0 aliphatic rings. The van der Waals surface area contributed by atoms with Crippen LogP contribution in [0.2, 0.25) is 0 Å². The maximum atomic E-state index is 13.9. The van der Waals surface area contributed by atoms with Crippen LogP contribution in [0.25, 0.3) is 16.6 Å². The van der Waals surface area contributed by atoms with Gasteiger partial charge in [0.1, 0.15) is 22.4 Å². The number of nitrogens with zero attached hydrogens (tertiary/aromatic N) is 3. The van der Waals surface area contributed by atoms with Gasteiger partial charge in [0.15, 0.2) is 5.58 Å². The monoisotopic (exact) mass is 398 g/mol. The van der Waals surface area contributed by atoms with E-state index in [1.165, 1.54) is 23.9 Å². The van der Waals surface area contributed by atoms with Crippen molar-refractivity contribution in [3.05, 3.63) is 53.8 Å². The molecule has 0 aliphatic carbocycles. The minimum absolute atomic E-state index is 0.169. The largest absolute Gasteiger partial charge is 0.460 e. The fourth-order valence-corrected chi connectivity index (χ4v) is 4.11. The lowest BCUT2D eigenvalue weighted by Gasteiger charge is -2.15. The lowest BCUT2D eigenvalue weighted by molar-refractivity contribution is -0.115. The maximum absolute atomic E-state index is 13.9. The Morgan fingerprint density at radius 1 is 1.25 bits per heavy atom. The zero-order chi connectivity index (χ0) is 19.8. The van der Waals surface area contributed by atoms with E-state index in [0.29, 0.717) is 11.4 Å². The normalized spacial score (nSPS) is 12.6. The predicted molar refractivity (Wildman–Crippen MR) is 107 cm³/mol. The average molecular weight is 398 g/mol. The molecule has 0 fully saturated rings. The lowest BCUT2D eigenvalue weighted by Crippen LogP contribution is -2.25. The second-order valence-electron chi connectivity index (χ2n) is 6.51. The van der Waals surface area contributed by atoms with E-state index in [0.717, 1.165) is 28.2 Å². The van der Waals surface area contributed by atoms with Gasteiger partial charge in [0.05, 0.1) is 22.0 Å². The Kier molecular flexibility index (Phi) is 4.80. The van der Waals surface area contributed by atoms with Crippen molar-refractivity contribution in [1.29, 1.82) is 0 Å². The van der Waals surface area contributed by atoms with Crippen molar-refractivity contribution in [3.8, 4) is 0 Å². The van der Waals surface area contributed by atoms with Crippen molar-refractivity contribution in [2.75, 3.05) is 5.32 Å². The number of rotatable bonds is 5. The van der Waals surface area contributed by atoms with E-state index < -0.39 is 11.1 Å². The summed E-state index contributed by atoms with van der Waals surface area (Å²) in [6.07, 6.45) is 0.558. The zero-order valence-electron chi connectivity index (χ0n) is 15.7. The molecule has 1 atom stereocenters. The smallest absolute Gasteiger partial charge is 0.237 e. The van der Waals surface area contributed by atoms with Crippen molar-refractivity contribution in [2.24, 2.45) is 0 Å². The second kappa shape index (κ2) is 7.27. The standard InChI is InChI=1S/C20H19FN4O2S/c1-4-18(19(26)22-14-8-6-5-7-13(14)21)28-20-16-10-17-15(9-11(2)27-17)25(16)12(3)23-24-20/h5-10,18H,4H2,1-3H3,(H,22,26)/t18-/m1/s1. The van der Waals surface area contributed by atoms with E-state index >= 15 is 0 Å². The number of aromatic nitrogens is 3. The van der Waals surface area contributed by atoms with Gasteiger partial charge in [-0.05, 0) is 32.4 Å². The summed E-state index contributed by atoms with van der Waals surface area (Å²) >= 11 is 1.31. The molecule has 1 amide bonds. The third kappa shape index (κ3) is 3.24. The summed E-state index contributed by atoms with van der Waals surface area (Å²) in [5.41, 5.74) is 2.68. The number of anilines is 1. The first-order chi connectivity index (χ1) is 13.5. The van der Waals surface area contributed by atoms with Crippen LogP contribution in [0.5, 0.6) is 0 Å². The number of nitrogens with one attached hydrogen (secondary N) is 1. The summed E-state index contributed by atoms with van der Waals surface area (Å²) in [5, 5.41) is 11.4. The lowest BCUT2D eigenvalue weighted by atomic mass is 10.2. The number of hydrogen-bond acceptors (Lipinski definition) is 5. The van der Waals surface area contributed by atoms with E-state index in [2.05, 4.69) is 15.5 Å². The van der Waals surface area contributed by atoms with Crippen LogP contribution < -0.4 is 5.32 Å². The third-order valence-corrected chi connectivity index (χ3v) is 5.84. The number of carbonyl (C=O) groups is 1. The minimum atomic E-state index is -0.462. The van der Waals surface area contributed by atoms with Gasteiger partial charge in [-0.1, -0.05) is 30.8 Å². The van der Waals surface area contributed by atoms with Crippen LogP contribution in [0.4, 0.5) is 10.1 Å². The number of carbonyl (C=O) groups excluding carboxylic acids is 1. The molecule has 1 N–H and O–H groups in total. The van der Waals surface area contributed by atoms with Crippen LogP contribution in [0, 0.1) is 19.7 Å². The van der Waals surface area contributed by atoms with Crippen molar-refractivity contribution in [3.63, 3.8) is 0 Å². The molecule has 0 saturated heterocycles. The summed E-state index contributed by atoms with van der Waals surface area (Å²) in [7, 11) is 0. The van der Waals surface area contributed by atoms with Crippen LogP contribution in [0.3, 0.4) is 0 Å². The van der Waals surface area contributed by atoms with Crippen molar-refractivity contribution < 1.29 is 13.6 Å². The summed E-state index contributed by atoms with van der Waals surface area (Å²) in [4.78, 5) is 12.7. The summed E-state index contributed by atoms with van der Waals surface area (Å²) in [6.45, 7) is 5.68. The van der Waals surface area contributed by atoms with Gasteiger partial charge in [-0.3, -0.25) is 9.20 Å². The Morgan fingerprint density at radius 2 is 2.04 bits per heavy atom. The molecule has 6 nitrogen and oxygen atoms in total. The molecule has 4 rings (SSSR count). The van der Waals surface area contributed by atoms with Gasteiger partial charge in [-0.15, -0.1) is 10.2 Å². The summed E-state index contributed by atoms with van der Waals surface area (Å²) in [6, 6.07) is 9.98. The quantitative estimate of drug-likeness (QED) is 0.492. The molecule has 0 spiro atoms. The first kappa shape index (κ1) is 18.5. The molecule has 0 bridgehead atoms.